The SMILES string of the molecule is Cn1cc(CNC(=O)C2CC2c2ccccc2)cn1. The van der Waals surface area contributed by atoms with Gasteiger partial charge in [0.1, 0.15) is 0 Å². The van der Waals surface area contributed by atoms with Crippen LogP contribution < -0.4 is 5.32 Å². The zero-order valence-corrected chi connectivity index (χ0v) is 10.9. The fourth-order valence-electron chi connectivity index (χ4n) is 2.44. The Labute approximate surface area is 112 Å². The summed E-state index contributed by atoms with van der Waals surface area (Å²) < 4.78 is 1.74. The largest absolute Gasteiger partial charge is 0.352 e. The van der Waals surface area contributed by atoms with E-state index < -0.39 is 0 Å². The predicted octanol–water partition coefficient (Wildman–Crippen LogP) is 1.84. The third-order valence-corrected chi connectivity index (χ3v) is 3.58. The van der Waals surface area contributed by atoms with Crippen molar-refractivity contribution < 1.29 is 4.79 Å². The first-order chi connectivity index (χ1) is 9.24. The number of aromatic nitrogens is 2. The number of rotatable bonds is 4. The smallest absolute Gasteiger partial charge is 0.224 e. The quantitative estimate of drug-likeness (QED) is 0.906. The van der Waals surface area contributed by atoms with E-state index in [1.165, 1.54) is 5.56 Å². The second kappa shape index (κ2) is 4.88. The Hall–Kier alpha value is -2.10. The van der Waals surface area contributed by atoms with Gasteiger partial charge in [0.15, 0.2) is 0 Å². The minimum absolute atomic E-state index is 0.138. The van der Waals surface area contributed by atoms with Gasteiger partial charge in [-0.25, -0.2) is 0 Å². The van der Waals surface area contributed by atoms with Crippen molar-refractivity contribution in [2.75, 3.05) is 0 Å². The second-order valence-corrected chi connectivity index (χ2v) is 5.10. The highest BCUT2D eigenvalue weighted by molar-refractivity contribution is 5.82. The molecule has 0 spiro atoms. The van der Waals surface area contributed by atoms with E-state index in [-0.39, 0.29) is 11.8 Å². The van der Waals surface area contributed by atoms with Crippen LogP contribution in [0.4, 0.5) is 0 Å². The van der Waals surface area contributed by atoms with Crippen molar-refractivity contribution >= 4 is 5.91 Å². The molecular formula is C15H17N3O. The molecule has 1 aromatic carbocycles. The summed E-state index contributed by atoms with van der Waals surface area (Å²) in [4.78, 5) is 12.0. The maximum atomic E-state index is 12.0. The third kappa shape index (κ3) is 2.67. The molecule has 1 heterocycles. The standard InChI is InChI=1S/C15H17N3O/c1-18-10-11(9-17-18)8-16-15(19)14-7-13(14)12-5-3-2-4-6-12/h2-6,9-10,13-14H,7-8H2,1H3,(H,16,19). The molecule has 1 aliphatic carbocycles. The molecule has 1 aliphatic rings. The first-order valence-electron chi connectivity index (χ1n) is 6.54. The number of nitrogens with zero attached hydrogens (tertiary/aromatic N) is 2. The minimum Gasteiger partial charge on any atom is -0.352 e. The fraction of sp³-hybridized carbons (Fsp3) is 0.333. The van der Waals surface area contributed by atoms with Gasteiger partial charge < -0.3 is 5.32 Å². The van der Waals surface area contributed by atoms with Gasteiger partial charge >= 0.3 is 0 Å². The van der Waals surface area contributed by atoms with Gasteiger partial charge in [-0.3, -0.25) is 9.48 Å². The number of hydrogen-bond acceptors (Lipinski definition) is 2. The summed E-state index contributed by atoms with van der Waals surface area (Å²) in [5.41, 5.74) is 2.30. The highest BCUT2D eigenvalue weighted by Gasteiger charge is 2.43. The fourth-order valence-corrected chi connectivity index (χ4v) is 2.44. The first-order valence-corrected chi connectivity index (χ1v) is 6.54. The maximum Gasteiger partial charge on any atom is 0.224 e. The Kier molecular flexibility index (Phi) is 3.07. The Morgan fingerprint density at radius 2 is 2.21 bits per heavy atom. The van der Waals surface area contributed by atoms with Crippen LogP contribution in [0.2, 0.25) is 0 Å². The van der Waals surface area contributed by atoms with Crippen molar-refractivity contribution in [2.24, 2.45) is 13.0 Å². The molecule has 0 aliphatic heterocycles. The Morgan fingerprint density at radius 3 is 2.89 bits per heavy atom. The average molecular weight is 255 g/mol. The topological polar surface area (TPSA) is 46.9 Å². The molecular weight excluding hydrogens is 238 g/mol. The highest BCUT2D eigenvalue weighted by Crippen LogP contribution is 2.47. The predicted molar refractivity (Wildman–Crippen MR) is 72.3 cm³/mol. The number of carbonyl (C=O) groups is 1. The van der Waals surface area contributed by atoms with E-state index in [9.17, 15) is 4.79 Å². The number of nitrogens with one attached hydrogen (secondary N) is 1. The normalized spacial score (nSPS) is 21.1. The molecule has 3 rings (SSSR count). The lowest BCUT2D eigenvalue weighted by molar-refractivity contribution is -0.122. The van der Waals surface area contributed by atoms with Gasteiger partial charge in [-0.2, -0.15) is 5.10 Å². The van der Waals surface area contributed by atoms with Crippen molar-refractivity contribution in [1.82, 2.24) is 15.1 Å². The number of amides is 1. The lowest BCUT2D eigenvalue weighted by Gasteiger charge is -2.03. The molecule has 0 radical (unpaired) electrons. The maximum absolute atomic E-state index is 12.0. The van der Waals surface area contributed by atoms with E-state index in [2.05, 4.69) is 22.5 Å². The lowest BCUT2D eigenvalue weighted by Crippen LogP contribution is -2.24. The summed E-state index contributed by atoms with van der Waals surface area (Å²) in [6.07, 6.45) is 4.66. The molecule has 98 valence electrons. The summed E-state index contributed by atoms with van der Waals surface area (Å²) >= 11 is 0. The Morgan fingerprint density at radius 1 is 1.42 bits per heavy atom. The van der Waals surface area contributed by atoms with E-state index in [1.807, 2.05) is 31.4 Å². The number of aryl methyl sites for hydroxylation is 1. The number of benzene rings is 1. The molecule has 1 aromatic heterocycles. The minimum atomic E-state index is 0.138. The molecule has 19 heavy (non-hydrogen) atoms. The average Bonchev–Trinajstić information content (AvgIpc) is 3.14. The summed E-state index contributed by atoms with van der Waals surface area (Å²) in [6.45, 7) is 0.560. The van der Waals surface area contributed by atoms with Crippen molar-refractivity contribution in [2.45, 2.75) is 18.9 Å². The van der Waals surface area contributed by atoms with Crippen LogP contribution in [0.1, 0.15) is 23.5 Å². The number of hydrogen-bond donors (Lipinski definition) is 1. The Balaban J connectivity index is 1.53. The molecule has 2 aromatic rings. The highest BCUT2D eigenvalue weighted by atomic mass is 16.2. The molecule has 2 unspecified atom stereocenters. The zero-order valence-electron chi connectivity index (χ0n) is 10.9. The van der Waals surface area contributed by atoms with E-state index >= 15 is 0 Å². The second-order valence-electron chi connectivity index (χ2n) is 5.10. The molecule has 1 amide bonds. The molecule has 0 saturated heterocycles. The van der Waals surface area contributed by atoms with Gasteiger partial charge in [-0.1, -0.05) is 30.3 Å². The lowest BCUT2D eigenvalue weighted by atomic mass is 10.1. The summed E-state index contributed by atoms with van der Waals surface area (Å²) in [7, 11) is 1.87. The van der Waals surface area contributed by atoms with Crippen LogP contribution in [0.25, 0.3) is 0 Å². The van der Waals surface area contributed by atoms with Gasteiger partial charge in [0, 0.05) is 31.3 Å². The molecule has 2 atom stereocenters. The van der Waals surface area contributed by atoms with Gasteiger partial charge in [-0.15, -0.1) is 0 Å². The Bertz CT molecular complexity index is 576. The van der Waals surface area contributed by atoms with Crippen LogP contribution in [0, 0.1) is 5.92 Å². The number of carbonyl (C=O) groups excluding carboxylic acids is 1. The van der Waals surface area contributed by atoms with Gasteiger partial charge in [-0.05, 0) is 17.9 Å². The van der Waals surface area contributed by atoms with Gasteiger partial charge in [0.2, 0.25) is 5.91 Å². The monoisotopic (exact) mass is 255 g/mol. The van der Waals surface area contributed by atoms with Gasteiger partial charge in [0.05, 0.1) is 6.20 Å². The van der Waals surface area contributed by atoms with Crippen LogP contribution in [0.5, 0.6) is 0 Å². The van der Waals surface area contributed by atoms with Crippen LogP contribution in [0.3, 0.4) is 0 Å². The van der Waals surface area contributed by atoms with E-state index in [0.717, 1.165) is 12.0 Å². The molecule has 1 N–H and O–H groups in total. The van der Waals surface area contributed by atoms with E-state index in [4.69, 9.17) is 0 Å². The van der Waals surface area contributed by atoms with E-state index in [0.29, 0.717) is 12.5 Å². The molecule has 0 bridgehead atoms. The van der Waals surface area contributed by atoms with Crippen LogP contribution in [0.15, 0.2) is 42.7 Å². The summed E-state index contributed by atoms with van der Waals surface area (Å²) in [6, 6.07) is 10.2. The molecule has 1 saturated carbocycles. The molecule has 4 nitrogen and oxygen atoms in total. The van der Waals surface area contributed by atoms with Gasteiger partial charge in [0.25, 0.3) is 0 Å². The van der Waals surface area contributed by atoms with E-state index in [1.54, 1.807) is 10.9 Å². The van der Waals surface area contributed by atoms with Crippen molar-refractivity contribution in [3.05, 3.63) is 53.9 Å². The molecule has 4 heteroatoms. The zero-order chi connectivity index (χ0) is 13.2. The van der Waals surface area contributed by atoms with Crippen molar-refractivity contribution in [3.63, 3.8) is 0 Å². The summed E-state index contributed by atoms with van der Waals surface area (Å²) in [5, 5.41) is 7.06. The molecule has 1 fully saturated rings. The van der Waals surface area contributed by atoms with Crippen LogP contribution in [-0.2, 0) is 18.4 Å². The summed E-state index contributed by atoms with van der Waals surface area (Å²) in [5.74, 6) is 0.687. The van der Waals surface area contributed by atoms with Crippen LogP contribution >= 0.6 is 0 Å². The first kappa shape index (κ1) is 12.0. The van der Waals surface area contributed by atoms with Crippen molar-refractivity contribution in [3.8, 4) is 0 Å². The third-order valence-electron chi connectivity index (χ3n) is 3.58. The van der Waals surface area contributed by atoms with Crippen molar-refractivity contribution in [1.29, 1.82) is 0 Å². The van der Waals surface area contributed by atoms with Crippen LogP contribution in [-0.4, -0.2) is 15.7 Å².